The van der Waals surface area contributed by atoms with Crippen LogP contribution < -0.4 is 5.32 Å². The minimum Gasteiger partial charge on any atom is -0.462 e. The Morgan fingerprint density at radius 1 is 1.61 bits per heavy atom. The van der Waals surface area contributed by atoms with E-state index in [0.717, 1.165) is 0 Å². The van der Waals surface area contributed by atoms with Crippen LogP contribution in [0.15, 0.2) is 23.3 Å². The van der Waals surface area contributed by atoms with Crippen LogP contribution in [0.4, 0.5) is 5.82 Å². The number of esters is 1. The first-order valence-electron chi connectivity index (χ1n) is 5.79. The van der Waals surface area contributed by atoms with E-state index in [2.05, 4.69) is 15.4 Å². The van der Waals surface area contributed by atoms with Gasteiger partial charge in [0.15, 0.2) is 5.66 Å². The van der Waals surface area contributed by atoms with E-state index in [9.17, 15) is 4.79 Å². The molecule has 6 heteroatoms. The van der Waals surface area contributed by atoms with Gasteiger partial charge >= 0.3 is 5.97 Å². The van der Waals surface area contributed by atoms with Gasteiger partial charge in [-0.2, -0.15) is 5.10 Å². The predicted molar refractivity (Wildman–Crippen MR) is 69.0 cm³/mol. The fraction of sp³-hybridized carbons (Fsp3) is 0.417. The van der Waals surface area contributed by atoms with Gasteiger partial charge in [0, 0.05) is 13.3 Å². The smallest absolute Gasteiger partial charge is 0.343 e. The van der Waals surface area contributed by atoms with Crippen LogP contribution in [0.3, 0.4) is 0 Å². The van der Waals surface area contributed by atoms with Gasteiger partial charge in [0.25, 0.3) is 0 Å². The number of aromatic nitrogens is 2. The van der Waals surface area contributed by atoms with Gasteiger partial charge in [0.1, 0.15) is 11.4 Å². The molecule has 0 aromatic carbocycles. The van der Waals surface area contributed by atoms with E-state index in [1.165, 1.54) is 6.20 Å². The number of ether oxygens (including phenoxy) is 1. The van der Waals surface area contributed by atoms with Crippen molar-refractivity contribution >= 4 is 18.0 Å². The van der Waals surface area contributed by atoms with Crippen LogP contribution in [0.1, 0.15) is 24.2 Å². The van der Waals surface area contributed by atoms with Crippen molar-refractivity contribution in [2.24, 2.45) is 4.99 Å². The topological polar surface area (TPSA) is 68.5 Å². The molecule has 0 saturated carbocycles. The summed E-state index contributed by atoms with van der Waals surface area (Å²) >= 11 is 0. The summed E-state index contributed by atoms with van der Waals surface area (Å²) in [5, 5.41) is 7.21. The van der Waals surface area contributed by atoms with Gasteiger partial charge in [-0.25, -0.2) is 9.48 Å². The first-order valence-corrected chi connectivity index (χ1v) is 5.79. The highest BCUT2D eigenvalue weighted by Gasteiger charge is 2.30. The van der Waals surface area contributed by atoms with Crippen LogP contribution in [0, 0.1) is 0 Å². The van der Waals surface area contributed by atoms with E-state index in [0.29, 0.717) is 18.0 Å². The van der Waals surface area contributed by atoms with Crippen molar-refractivity contribution in [3.8, 4) is 0 Å². The average molecular weight is 248 g/mol. The first-order chi connectivity index (χ1) is 8.62. The molecule has 1 unspecified atom stereocenters. The van der Waals surface area contributed by atoms with E-state index >= 15 is 0 Å². The zero-order chi connectivity index (χ0) is 13.2. The molecule has 1 aliphatic rings. The highest BCUT2D eigenvalue weighted by atomic mass is 16.5. The van der Waals surface area contributed by atoms with Gasteiger partial charge in [-0.05, 0) is 26.0 Å². The SMILES string of the molecule is CCOC(=O)c1cnn(C2(C)C=CC=N2)c1NC. The van der Waals surface area contributed by atoms with Crippen LogP contribution >= 0.6 is 0 Å². The third-order valence-corrected chi connectivity index (χ3v) is 2.76. The summed E-state index contributed by atoms with van der Waals surface area (Å²) in [4.78, 5) is 16.1. The number of anilines is 1. The van der Waals surface area contributed by atoms with Crippen molar-refractivity contribution < 1.29 is 9.53 Å². The molecule has 96 valence electrons. The number of carbonyl (C=O) groups is 1. The Morgan fingerprint density at radius 3 is 2.94 bits per heavy atom. The molecule has 0 radical (unpaired) electrons. The minimum absolute atomic E-state index is 0.336. The summed E-state index contributed by atoms with van der Waals surface area (Å²) in [5.74, 6) is 0.210. The van der Waals surface area contributed by atoms with E-state index in [1.54, 1.807) is 24.9 Å². The Bertz CT molecular complexity index is 504. The van der Waals surface area contributed by atoms with Crippen molar-refractivity contribution in [3.05, 3.63) is 23.9 Å². The number of rotatable bonds is 4. The largest absolute Gasteiger partial charge is 0.462 e. The van der Waals surface area contributed by atoms with Crippen molar-refractivity contribution in [2.45, 2.75) is 19.5 Å². The fourth-order valence-electron chi connectivity index (χ4n) is 1.88. The normalized spacial score (nSPS) is 21.3. The van der Waals surface area contributed by atoms with Gasteiger partial charge in [-0.1, -0.05) is 0 Å². The lowest BCUT2D eigenvalue weighted by Crippen LogP contribution is -2.26. The highest BCUT2D eigenvalue weighted by molar-refractivity contribution is 5.94. The predicted octanol–water partition coefficient (Wildman–Crippen LogP) is 1.41. The molecule has 0 fully saturated rings. The maximum atomic E-state index is 11.8. The molecule has 1 atom stereocenters. The Hall–Kier alpha value is -2.11. The van der Waals surface area contributed by atoms with Crippen molar-refractivity contribution in [3.63, 3.8) is 0 Å². The molecule has 1 aliphatic heterocycles. The van der Waals surface area contributed by atoms with E-state index < -0.39 is 5.66 Å². The summed E-state index contributed by atoms with van der Waals surface area (Å²) in [6.45, 7) is 4.02. The maximum Gasteiger partial charge on any atom is 0.343 e. The van der Waals surface area contributed by atoms with Gasteiger partial charge in [-0.3, -0.25) is 4.99 Å². The summed E-state index contributed by atoms with van der Waals surface area (Å²) < 4.78 is 6.66. The Kier molecular flexibility index (Phi) is 3.18. The van der Waals surface area contributed by atoms with Crippen LogP contribution in [-0.4, -0.2) is 35.6 Å². The lowest BCUT2D eigenvalue weighted by atomic mass is 10.2. The van der Waals surface area contributed by atoms with Crippen LogP contribution in [-0.2, 0) is 10.4 Å². The molecule has 0 saturated heterocycles. The molecule has 0 amide bonds. The highest BCUT2D eigenvalue weighted by Crippen LogP contribution is 2.28. The number of aliphatic imine (C=N–C) groups is 1. The number of nitrogens with zero attached hydrogens (tertiary/aromatic N) is 3. The standard InChI is InChI=1S/C12H16N4O2/c1-4-18-11(17)9-8-15-16(10(9)13-3)12(2)6-5-7-14-12/h5-8,13H,4H2,1-3H3. The van der Waals surface area contributed by atoms with E-state index in [1.807, 2.05) is 19.1 Å². The summed E-state index contributed by atoms with van der Waals surface area (Å²) in [7, 11) is 1.74. The van der Waals surface area contributed by atoms with Gasteiger partial charge in [0.05, 0.1) is 12.8 Å². The minimum atomic E-state index is -0.594. The van der Waals surface area contributed by atoms with Crippen LogP contribution in [0.5, 0.6) is 0 Å². The third kappa shape index (κ3) is 1.90. The molecule has 0 aliphatic carbocycles. The molecule has 2 heterocycles. The van der Waals surface area contributed by atoms with Crippen LogP contribution in [0.25, 0.3) is 0 Å². The number of carbonyl (C=O) groups excluding carboxylic acids is 1. The number of hydrogen-bond acceptors (Lipinski definition) is 5. The van der Waals surface area contributed by atoms with Gasteiger partial charge < -0.3 is 10.1 Å². The summed E-state index contributed by atoms with van der Waals surface area (Å²) in [5.41, 5.74) is -0.181. The average Bonchev–Trinajstić information content (AvgIpc) is 2.95. The second-order valence-corrected chi connectivity index (χ2v) is 4.02. The maximum absolute atomic E-state index is 11.8. The van der Waals surface area contributed by atoms with Gasteiger partial charge in [0.2, 0.25) is 0 Å². The number of allylic oxidation sites excluding steroid dienone is 1. The third-order valence-electron chi connectivity index (χ3n) is 2.76. The van der Waals surface area contributed by atoms with Crippen molar-refractivity contribution in [2.75, 3.05) is 19.0 Å². The Balaban J connectivity index is 2.42. The van der Waals surface area contributed by atoms with E-state index in [4.69, 9.17) is 4.74 Å². The molecule has 2 rings (SSSR count). The molecular formula is C12H16N4O2. The molecule has 18 heavy (non-hydrogen) atoms. The first kappa shape index (κ1) is 12.3. The van der Waals surface area contributed by atoms with Crippen LogP contribution in [0.2, 0.25) is 0 Å². The summed E-state index contributed by atoms with van der Waals surface area (Å²) in [6, 6.07) is 0. The summed E-state index contributed by atoms with van der Waals surface area (Å²) in [6.07, 6.45) is 6.98. The molecular weight excluding hydrogens is 232 g/mol. The van der Waals surface area contributed by atoms with E-state index in [-0.39, 0.29) is 5.97 Å². The quantitative estimate of drug-likeness (QED) is 0.818. The molecule has 0 bridgehead atoms. The second kappa shape index (κ2) is 4.64. The molecule has 6 nitrogen and oxygen atoms in total. The lowest BCUT2D eigenvalue weighted by Gasteiger charge is -2.22. The molecule has 0 spiro atoms. The fourth-order valence-corrected chi connectivity index (χ4v) is 1.88. The van der Waals surface area contributed by atoms with Gasteiger partial charge in [-0.15, -0.1) is 0 Å². The number of nitrogens with one attached hydrogen (secondary N) is 1. The van der Waals surface area contributed by atoms with Crippen molar-refractivity contribution in [1.29, 1.82) is 0 Å². The number of hydrogen-bond donors (Lipinski definition) is 1. The zero-order valence-corrected chi connectivity index (χ0v) is 10.7. The monoisotopic (exact) mass is 248 g/mol. The Morgan fingerprint density at radius 2 is 2.39 bits per heavy atom. The molecule has 1 aromatic heterocycles. The zero-order valence-electron chi connectivity index (χ0n) is 10.7. The molecule has 1 aromatic rings. The molecule has 1 N–H and O–H groups in total. The van der Waals surface area contributed by atoms with Crippen molar-refractivity contribution in [1.82, 2.24) is 9.78 Å². The second-order valence-electron chi connectivity index (χ2n) is 4.02. The Labute approximate surface area is 105 Å². The lowest BCUT2D eigenvalue weighted by molar-refractivity contribution is 0.0527.